The van der Waals surface area contributed by atoms with Gasteiger partial charge in [0.2, 0.25) is 5.75 Å². The molecule has 2 aromatic rings. The van der Waals surface area contributed by atoms with Gasteiger partial charge in [-0.05, 0) is 37.3 Å². The number of anilines is 1. The molecule has 2 aromatic carbocycles. The minimum atomic E-state index is -4.89. The highest BCUT2D eigenvalue weighted by Gasteiger charge is 2.35. The molecule has 3 N–H and O–H groups in total. The first-order chi connectivity index (χ1) is 15.2. The van der Waals surface area contributed by atoms with Crippen LogP contribution in [0.25, 0.3) is 0 Å². The number of carbonyl (C=O) groups excluding carboxylic acids is 1. The van der Waals surface area contributed by atoms with Gasteiger partial charge in [0.1, 0.15) is 10.6 Å². The topological polar surface area (TPSA) is 229 Å². The zero-order valence-electron chi connectivity index (χ0n) is 16.3. The number of hydrazone groups is 1. The number of azo groups is 1. The average Bonchev–Trinajstić information content (AvgIpc) is 2.99. The fourth-order valence-electron chi connectivity index (χ4n) is 2.70. The van der Waals surface area contributed by atoms with E-state index >= 15 is 0 Å². The summed E-state index contributed by atoms with van der Waals surface area (Å²) >= 11 is 0. The summed E-state index contributed by atoms with van der Waals surface area (Å²) in [5.74, 6) is -1.82. The van der Waals surface area contributed by atoms with Crippen molar-refractivity contribution >= 4 is 48.9 Å². The molecule has 0 aromatic heterocycles. The number of hydrogen-bond donors (Lipinski definition) is 3. The third kappa shape index (κ3) is 4.85. The summed E-state index contributed by atoms with van der Waals surface area (Å²) < 4.78 is 63.2. The van der Waals surface area contributed by atoms with Crippen molar-refractivity contribution < 1.29 is 40.8 Å². The van der Waals surface area contributed by atoms with Crippen molar-refractivity contribution in [1.82, 2.24) is 0 Å². The quantitative estimate of drug-likeness (QED) is 0.225. The lowest BCUT2D eigenvalue weighted by Crippen LogP contribution is -2.29. The molecule has 15 nitrogen and oxygen atoms in total. The van der Waals surface area contributed by atoms with E-state index in [4.69, 9.17) is 9.11 Å². The van der Waals surface area contributed by atoms with Crippen molar-refractivity contribution in [2.75, 3.05) is 5.01 Å². The van der Waals surface area contributed by atoms with E-state index in [1.165, 1.54) is 19.1 Å². The summed E-state index contributed by atoms with van der Waals surface area (Å²) in [6, 6.07) is 4.16. The SMILES string of the molecule is CC1=NN(c2ccc(S(=O)(=O)O)cc2)C(=O)C1N=Nc1cc(S(=O)(=O)O)cc([N+](=O)[O-])c1O. The van der Waals surface area contributed by atoms with Crippen molar-refractivity contribution in [2.45, 2.75) is 22.8 Å². The van der Waals surface area contributed by atoms with Gasteiger partial charge in [0.25, 0.3) is 26.1 Å². The Morgan fingerprint density at radius 1 is 1.06 bits per heavy atom. The van der Waals surface area contributed by atoms with Gasteiger partial charge in [-0.3, -0.25) is 24.0 Å². The zero-order chi connectivity index (χ0) is 24.7. The molecule has 17 heteroatoms. The maximum absolute atomic E-state index is 12.7. The Balaban J connectivity index is 1.94. The second-order valence-corrected chi connectivity index (χ2v) is 9.36. The number of nitrogens with zero attached hydrogens (tertiary/aromatic N) is 5. The largest absolute Gasteiger partial charge is 0.501 e. The molecule has 1 amide bonds. The third-order valence-corrected chi connectivity index (χ3v) is 5.99. The molecule has 0 aliphatic carbocycles. The smallest absolute Gasteiger partial charge is 0.314 e. The number of nitro groups is 1. The number of phenols is 1. The average molecular weight is 499 g/mol. The summed E-state index contributed by atoms with van der Waals surface area (Å²) in [6.07, 6.45) is 0. The van der Waals surface area contributed by atoms with E-state index in [0.29, 0.717) is 12.1 Å². The van der Waals surface area contributed by atoms with E-state index < -0.39 is 64.0 Å². The third-order valence-electron chi connectivity index (χ3n) is 4.29. The molecule has 1 aliphatic rings. The van der Waals surface area contributed by atoms with Gasteiger partial charge >= 0.3 is 5.69 Å². The van der Waals surface area contributed by atoms with Crippen LogP contribution >= 0.6 is 0 Å². The fraction of sp³-hybridized carbons (Fsp3) is 0.125. The van der Waals surface area contributed by atoms with Crippen LogP contribution in [-0.4, -0.2) is 53.6 Å². The van der Waals surface area contributed by atoms with Crippen LogP contribution in [0.15, 0.2) is 61.5 Å². The second kappa shape index (κ2) is 8.28. The Bertz CT molecular complexity index is 1430. The minimum absolute atomic E-state index is 0.0996. The number of nitro benzene ring substituents is 1. The minimum Gasteiger partial charge on any atom is -0.501 e. The molecule has 0 saturated carbocycles. The molecule has 0 radical (unpaired) electrons. The number of benzene rings is 2. The molecule has 1 atom stereocenters. The van der Waals surface area contributed by atoms with E-state index in [9.17, 15) is 36.9 Å². The Morgan fingerprint density at radius 3 is 2.15 bits per heavy atom. The molecule has 1 heterocycles. The maximum atomic E-state index is 12.7. The number of carbonyl (C=O) groups is 1. The van der Waals surface area contributed by atoms with Crippen molar-refractivity contribution in [3.8, 4) is 5.75 Å². The molecule has 0 spiro atoms. The standard InChI is InChI=1S/C16H13N5O10S2/c1-8-14(16(23)20(19-8)9-2-4-10(5-3-9)32(26,27)28)18-17-12-6-11(33(29,30)31)7-13(15(12)22)21(24)25/h2-7,14,22H,1H3,(H,26,27,28)(H,29,30,31). The summed E-state index contributed by atoms with van der Waals surface area (Å²) in [5.41, 5.74) is -1.55. The number of phenolic OH excluding ortho intramolecular Hbond substituents is 1. The number of amides is 1. The molecule has 33 heavy (non-hydrogen) atoms. The number of rotatable bonds is 6. The highest BCUT2D eigenvalue weighted by Crippen LogP contribution is 2.39. The van der Waals surface area contributed by atoms with E-state index in [1.54, 1.807) is 0 Å². The van der Waals surface area contributed by atoms with Gasteiger partial charge in [-0.25, -0.2) is 0 Å². The van der Waals surface area contributed by atoms with Crippen LogP contribution in [0.1, 0.15) is 6.92 Å². The molecule has 174 valence electrons. The Kier molecular flexibility index (Phi) is 5.98. The summed E-state index contributed by atoms with van der Waals surface area (Å²) in [6.45, 7) is 1.39. The van der Waals surface area contributed by atoms with Crippen LogP contribution in [0.3, 0.4) is 0 Å². The lowest BCUT2D eigenvalue weighted by molar-refractivity contribution is -0.386. The number of aromatic hydroxyl groups is 1. The molecule has 0 fully saturated rings. The van der Waals surface area contributed by atoms with Crippen LogP contribution in [0, 0.1) is 10.1 Å². The molecule has 1 aliphatic heterocycles. The predicted molar refractivity (Wildman–Crippen MR) is 110 cm³/mol. The molecule has 0 saturated heterocycles. The Morgan fingerprint density at radius 2 is 1.64 bits per heavy atom. The van der Waals surface area contributed by atoms with Crippen LogP contribution in [-0.2, 0) is 25.0 Å². The highest BCUT2D eigenvalue weighted by molar-refractivity contribution is 7.86. The van der Waals surface area contributed by atoms with Crippen molar-refractivity contribution in [1.29, 1.82) is 0 Å². The van der Waals surface area contributed by atoms with E-state index in [2.05, 4.69) is 15.3 Å². The van der Waals surface area contributed by atoms with Gasteiger partial charge in [-0.2, -0.15) is 37.2 Å². The van der Waals surface area contributed by atoms with E-state index in [0.717, 1.165) is 17.1 Å². The van der Waals surface area contributed by atoms with Gasteiger partial charge < -0.3 is 5.11 Å². The predicted octanol–water partition coefficient (Wildman–Crippen LogP) is 1.67. The Labute approximate surface area is 185 Å². The first kappa shape index (κ1) is 23.9. The zero-order valence-corrected chi connectivity index (χ0v) is 17.9. The van der Waals surface area contributed by atoms with Gasteiger partial charge in [-0.15, -0.1) is 0 Å². The van der Waals surface area contributed by atoms with Crippen molar-refractivity contribution in [3.63, 3.8) is 0 Å². The van der Waals surface area contributed by atoms with E-state index in [-0.39, 0.29) is 11.4 Å². The summed E-state index contributed by atoms with van der Waals surface area (Å²) in [7, 11) is -9.34. The second-order valence-electron chi connectivity index (χ2n) is 6.52. The molecule has 3 rings (SSSR count). The van der Waals surface area contributed by atoms with Gasteiger partial charge in [0, 0.05) is 6.07 Å². The van der Waals surface area contributed by atoms with Gasteiger partial charge in [-0.1, -0.05) is 0 Å². The molecule has 0 bridgehead atoms. The first-order valence-electron chi connectivity index (χ1n) is 8.56. The van der Waals surface area contributed by atoms with Crippen molar-refractivity contribution in [2.24, 2.45) is 15.3 Å². The highest BCUT2D eigenvalue weighted by atomic mass is 32.2. The molecular formula is C16H13N5O10S2. The van der Waals surface area contributed by atoms with Gasteiger partial charge in [0.05, 0.1) is 21.2 Å². The van der Waals surface area contributed by atoms with Gasteiger partial charge in [0.15, 0.2) is 6.04 Å². The lowest BCUT2D eigenvalue weighted by atomic mass is 10.2. The summed E-state index contributed by atoms with van der Waals surface area (Å²) in [5, 5.41) is 33.1. The lowest BCUT2D eigenvalue weighted by Gasteiger charge is -2.12. The first-order valence-corrected chi connectivity index (χ1v) is 11.4. The fourth-order valence-corrected chi connectivity index (χ4v) is 3.70. The summed E-state index contributed by atoms with van der Waals surface area (Å²) in [4.78, 5) is 21.3. The maximum Gasteiger partial charge on any atom is 0.314 e. The van der Waals surface area contributed by atoms with Crippen LogP contribution < -0.4 is 5.01 Å². The Hall–Kier alpha value is -3.80. The monoisotopic (exact) mass is 499 g/mol. The van der Waals surface area contributed by atoms with Crippen molar-refractivity contribution in [3.05, 3.63) is 46.5 Å². The van der Waals surface area contributed by atoms with E-state index in [1.807, 2.05) is 0 Å². The van der Waals surface area contributed by atoms with Crippen LogP contribution in [0.5, 0.6) is 5.75 Å². The van der Waals surface area contributed by atoms with Crippen LogP contribution in [0.4, 0.5) is 17.1 Å². The van der Waals surface area contributed by atoms with Crippen LogP contribution in [0.2, 0.25) is 0 Å². The normalized spacial score (nSPS) is 16.9. The molecular weight excluding hydrogens is 486 g/mol. The number of hydrogen-bond acceptors (Lipinski definition) is 11. The molecule has 1 unspecified atom stereocenters.